The van der Waals surface area contributed by atoms with Gasteiger partial charge in [0.25, 0.3) is 0 Å². The molecule has 2 amide bonds. The summed E-state index contributed by atoms with van der Waals surface area (Å²) in [6.07, 6.45) is 5.81. The van der Waals surface area contributed by atoms with Crippen LogP contribution in [0, 0.1) is 0 Å². The van der Waals surface area contributed by atoms with Gasteiger partial charge in [-0.2, -0.15) is 5.10 Å². The molecule has 21 heavy (non-hydrogen) atoms. The van der Waals surface area contributed by atoms with Crippen molar-refractivity contribution in [1.29, 1.82) is 0 Å². The first-order chi connectivity index (χ1) is 10.1. The molecule has 0 saturated heterocycles. The number of aliphatic carboxylic acids is 1. The van der Waals surface area contributed by atoms with Gasteiger partial charge in [0, 0.05) is 30.1 Å². The number of carbonyl (C=O) groups excluding carboxylic acids is 1. The number of H-pyrrole nitrogens is 1. The summed E-state index contributed by atoms with van der Waals surface area (Å²) in [5.74, 6) is -1.02. The van der Waals surface area contributed by atoms with Crippen molar-refractivity contribution < 1.29 is 14.7 Å². The molecule has 0 fully saturated rings. The Balaban J connectivity index is 1.91. The summed E-state index contributed by atoms with van der Waals surface area (Å²) in [4.78, 5) is 22.2. The van der Waals surface area contributed by atoms with E-state index in [0.717, 1.165) is 11.6 Å². The summed E-state index contributed by atoms with van der Waals surface area (Å²) < 4.78 is 0. The van der Waals surface area contributed by atoms with Crippen molar-refractivity contribution in [3.8, 4) is 0 Å². The Bertz CT molecular complexity index is 650. The second-order valence-electron chi connectivity index (χ2n) is 4.21. The lowest BCUT2D eigenvalue weighted by molar-refractivity contribution is -0.131. The van der Waals surface area contributed by atoms with Gasteiger partial charge in [0.05, 0.1) is 6.20 Å². The van der Waals surface area contributed by atoms with Gasteiger partial charge < -0.3 is 15.7 Å². The molecule has 0 aliphatic carbocycles. The van der Waals surface area contributed by atoms with Crippen LogP contribution >= 0.6 is 0 Å². The second-order valence-corrected chi connectivity index (χ2v) is 4.21. The van der Waals surface area contributed by atoms with Gasteiger partial charge in [0.1, 0.15) is 0 Å². The summed E-state index contributed by atoms with van der Waals surface area (Å²) in [7, 11) is 0. The number of carboxylic acid groups (broad SMARTS) is 1. The maximum absolute atomic E-state index is 11.7. The first-order valence-electron chi connectivity index (χ1n) is 6.17. The Hall–Kier alpha value is -3.09. The van der Waals surface area contributed by atoms with Crippen molar-refractivity contribution in [3.63, 3.8) is 0 Å². The lowest BCUT2D eigenvalue weighted by atomic mass is 10.2. The van der Waals surface area contributed by atoms with Crippen LogP contribution in [0.1, 0.15) is 11.1 Å². The van der Waals surface area contributed by atoms with Gasteiger partial charge in [-0.25, -0.2) is 9.59 Å². The average Bonchev–Trinajstić information content (AvgIpc) is 2.97. The van der Waals surface area contributed by atoms with Crippen LogP contribution in [0.5, 0.6) is 0 Å². The van der Waals surface area contributed by atoms with Crippen molar-refractivity contribution >= 4 is 23.8 Å². The number of nitrogens with one attached hydrogen (secondary N) is 3. The minimum absolute atomic E-state index is 0.351. The molecule has 0 aliphatic heterocycles. The number of aromatic nitrogens is 2. The van der Waals surface area contributed by atoms with Gasteiger partial charge in [-0.15, -0.1) is 0 Å². The Morgan fingerprint density at radius 2 is 2.24 bits per heavy atom. The average molecular weight is 286 g/mol. The smallest absolute Gasteiger partial charge is 0.328 e. The van der Waals surface area contributed by atoms with Crippen LogP contribution in [0.15, 0.2) is 42.7 Å². The van der Waals surface area contributed by atoms with E-state index >= 15 is 0 Å². The van der Waals surface area contributed by atoms with E-state index in [4.69, 9.17) is 5.11 Å². The van der Waals surface area contributed by atoms with Gasteiger partial charge in [-0.05, 0) is 23.8 Å². The molecule has 0 atom stereocenters. The zero-order chi connectivity index (χ0) is 15.1. The lowest BCUT2D eigenvalue weighted by Crippen LogP contribution is -2.28. The third-order valence-electron chi connectivity index (χ3n) is 2.57. The predicted molar refractivity (Wildman–Crippen MR) is 77.6 cm³/mol. The third kappa shape index (κ3) is 4.83. The van der Waals surface area contributed by atoms with Crippen molar-refractivity contribution in [3.05, 3.63) is 53.9 Å². The maximum atomic E-state index is 11.7. The van der Waals surface area contributed by atoms with E-state index in [1.165, 1.54) is 6.08 Å². The van der Waals surface area contributed by atoms with Crippen LogP contribution in [0.4, 0.5) is 10.5 Å². The number of rotatable bonds is 5. The highest BCUT2D eigenvalue weighted by atomic mass is 16.4. The second kappa shape index (κ2) is 6.90. The molecule has 0 spiro atoms. The van der Waals surface area contributed by atoms with E-state index in [1.807, 2.05) is 0 Å². The fourth-order valence-corrected chi connectivity index (χ4v) is 1.62. The molecule has 0 saturated carbocycles. The number of benzene rings is 1. The number of amides is 2. The summed E-state index contributed by atoms with van der Waals surface area (Å²) in [5.41, 5.74) is 2.13. The number of nitrogens with zero attached hydrogens (tertiary/aromatic N) is 1. The minimum atomic E-state index is -1.02. The lowest BCUT2D eigenvalue weighted by Gasteiger charge is -2.07. The number of carbonyl (C=O) groups is 2. The van der Waals surface area contributed by atoms with E-state index in [9.17, 15) is 9.59 Å². The van der Waals surface area contributed by atoms with E-state index in [0.29, 0.717) is 17.8 Å². The van der Waals surface area contributed by atoms with Crippen molar-refractivity contribution in [2.75, 3.05) is 5.32 Å². The Kier molecular flexibility index (Phi) is 4.70. The molecule has 0 unspecified atom stereocenters. The zero-order valence-corrected chi connectivity index (χ0v) is 11.0. The van der Waals surface area contributed by atoms with E-state index in [-0.39, 0.29) is 6.03 Å². The molecule has 7 heteroatoms. The molecule has 0 bridgehead atoms. The number of aromatic amines is 1. The highest BCUT2D eigenvalue weighted by molar-refractivity contribution is 5.90. The molecule has 1 aromatic heterocycles. The standard InChI is InChI=1S/C14H14N4O3/c19-13(20)5-4-10-2-1-3-12(6-10)18-14(21)15-7-11-8-16-17-9-11/h1-6,8-9H,7H2,(H,16,17)(H,19,20)(H2,15,18,21)/b5-4+. The maximum Gasteiger partial charge on any atom is 0.328 e. The molecular formula is C14H14N4O3. The number of hydrogen-bond acceptors (Lipinski definition) is 3. The van der Waals surface area contributed by atoms with Gasteiger partial charge in [-0.3, -0.25) is 5.10 Å². The normalized spacial score (nSPS) is 10.5. The quantitative estimate of drug-likeness (QED) is 0.629. The van der Waals surface area contributed by atoms with Crippen LogP contribution < -0.4 is 10.6 Å². The summed E-state index contributed by atoms with van der Waals surface area (Å²) in [6.45, 7) is 0.362. The Morgan fingerprint density at radius 3 is 2.95 bits per heavy atom. The zero-order valence-electron chi connectivity index (χ0n) is 11.0. The van der Waals surface area contributed by atoms with Gasteiger partial charge in [-0.1, -0.05) is 12.1 Å². The largest absolute Gasteiger partial charge is 0.478 e. The fraction of sp³-hybridized carbons (Fsp3) is 0.0714. The van der Waals surface area contributed by atoms with Crippen LogP contribution in [0.3, 0.4) is 0 Å². The number of carboxylic acids is 1. The fourth-order valence-electron chi connectivity index (χ4n) is 1.62. The molecular weight excluding hydrogens is 272 g/mol. The monoisotopic (exact) mass is 286 g/mol. The summed E-state index contributed by atoms with van der Waals surface area (Å²) in [5, 5.41) is 20.4. The molecule has 2 rings (SSSR count). The molecule has 7 nitrogen and oxygen atoms in total. The van der Waals surface area contributed by atoms with E-state index in [1.54, 1.807) is 36.7 Å². The molecule has 0 aliphatic rings. The molecule has 108 valence electrons. The molecule has 4 N–H and O–H groups in total. The molecule has 2 aromatic rings. The van der Waals surface area contributed by atoms with Crippen LogP contribution in [-0.2, 0) is 11.3 Å². The van der Waals surface area contributed by atoms with Gasteiger partial charge in [0.15, 0.2) is 0 Å². The third-order valence-corrected chi connectivity index (χ3v) is 2.57. The first-order valence-corrected chi connectivity index (χ1v) is 6.17. The topological polar surface area (TPSA) is 107 Å². The highest BCUT2D eigenvalue weighted by Crippen LogP contribution is 2.12. The first kappa shape index (κ1) is 14.3. The van der Waals surface area contributed by atoms with Gasteiger partial charge in [0.2, 0.25) is 0 Å². The number of urea groups is 1. The van der Waals surface area contributed by atoms with Crippen molar-refractivity contribution in [2.45, 2.75) is 6.54 Å². The number of anilines is 1. The molecule has 0 radical (unpaired) electrons. The molecule has 1 heterocycles. The Labute approximate surface area is 120 Å². The SMILES string of the molecule is O=C(O)/C=C/c1cccc(NC(=O)NCc2cn[nH]c2)c1. The summed E-state index contributed by atoms with van der Waals surface area (Å²) in [6, 6.07) is 6.52. The van der Waals surface area contributed by atoms with Crippen molar-refractivity contribution in [2.24, 2.45) is 0 Å². The molecule has 1 aromatic carbocycles. The predicted octanol–water partition coefficient (Wildman–Crippen LogP) is 1.83. The van der Waals surface area contributed by atoms with Crippen LogP contribution in [0.2, 0.25) is 0 Å². The van der Waals surface area contributed by atoms with Gasteiger partial charge >= 0.3 is 12.0 Å². The summed E-state index contributed by atoms with van der Waals surface area (Å²) >= 11 is 0. The van der Waals surface area contributed by atoms with E-state index < -0.39 is 5.97 Å². The van der Waals surface area contributed by atoms with Crippen molar-refractivity contribution in [1.82, 2.24) is 15.5 Å². The minimum Gasteiger partial charge on any atom is -0.478 e. The Morgan fingerprint density at radius 1 is 1.38 bits per heavy atom. The van der Waals surface area contributed by atoms with Crippen LogP contribution in [0.25, 0.3) is 6.08 Å². The number of hydrogen-bond donors (Lipinski definition) is 4. The van der Waals surface area contributed by atoms with Crippen LogP contribution in [-0.4, -0.2) is 27.3 Å². The van der Waals surface area contributed by atoms with E-state index in [2.05, 4.69) is 20.8 Å². The highest BCUT2D eigenvalue weighted by Gasteiger charge is 2.02.